The summed E-state index contributed by atoms with van der Waals surface area (Å²) in [6.45, 7) is 0. The standard InChI is InChI=1S/C12H9ClN/c13-11-6-4-10(5-7-11)9-12-3-1-2-8-14-12/h1-9H. The van der Waals surface area contributed by atoms with Gasteiger partial charge in [0.2, 0.25) is 0 Å². The maximum Gasteiger partial charge on any atom is 0.0488 e. The number of hydrogen-bond acceptors (Lipinski definition) is 1. The van der Waals surface area contributed by atoms with Crippen LogP contribution in [0, 0.1) is 6.42 Å². The van der Waals surface area contributed by atoms with Crippen LogP contribution in [0.4, 0.5) is 0 Å². The number of pyridine rings is 1. The monoisotopic (exact) mass is 202 g/mol. The summed E-state index contributed by atoms with van der Waals surface area (Å²) in [5.74, 6) is 0. The van der Waals surface area contributed by atoms with Gasteiger partial charge in [0, 0.05) is 23.3 Å². The second-order valence-electron chi connectivity index (χ2n) is 2.95. The minimum absolute atomic E-state index is 0.753. The summed E-state index contributed by atoms with van der Waals surface area (Å²) in [5.41, 5.74) is 2.06. The molecule has 0 aliphatic heterocycles. The molecule has 0 saturated heterocycles. The van der Waals surface area contributed by atoms with Gasteiger partial charge in [-0.05, 0) is 29.8 Å². The van der Waals surface area contributed by atoms with Crippen molar-refractivity contribution < 1.29 is 0 Å². The first-order valence-corrected chi connectivity index (χ1v) is 4.74. The molecule has 0 unspecified atom stereocenters. The van der Waals surface area contributed by atoms with Crippen molar-refractivity contribution in [3.8, 4) is 0 Å². The third-order valence-electron chi connectivity index (χ3n) is 1.87. The number of hydrogen-bond donors (Lipinski definition) is 0. The molecule has 69 valence electrons. The van der Waals surface area contributed by atoms with E-state index in [2.05, 4.69) is 4.98 Å². The van der Waals surface area contributed by atoms with E-state index in [-0.39, 0.29) is 0 Å². The smallest absolute Gasteiger partial charge is 0.0488 e. The molecule has 0 spiro atoms. The summed E-state index contributed by atoms with van der Waals surface area (Å²) in [6, 6.07) is 13.5. The molecule has 0 saturated carbocycles. The fraction of sp³-hybridized carbons (Fsp3) is 0. The first kappa shape index (κ1) is 9.22. The lowest BCUT2D eigenvalue weighted by Crippen LogP contribution is -1.87. The van der Waals surface area contributed by atoms with Crippen LogP contribution in [0.2, 0.25) is 5.02 Å². The largest absolute Gasteiger partial charge is 0.261 e. The molecular formula is C12H9ClN. The maximum absolute atomic E-state index is 5.79. The molecule has 0 fully saturated rings. The summed E-state index contributed by atoms with van der Waals surface area (Å²) < 4.78 is 0. The number of aromatic nitrogens is 1. The van der Waals surface area contributed by atoms with Gasteiger partial charge in [0.15, 0.2) is 0 Å². The summed E-state index contributed by atoms with van der Waals surface area (Å²) in [4.78, 5) is 4.21. The average molecular weight is 203 g/mol. The van der Waals surface area contributed by atoms with Gasteiger partial charge in [-0.15, -0.1) is 0 Å². The lowest BCUT2D eigenvalue weighted by Gasteiger charge is -1.99. The molecule has 1 radical (unpaired) electrons. The minimum atomic E-state index is 0.753. The highest BCUT2D eigenvalue weighted by Crippen LogP contribution is 2.13. The van der Waals surface area contributed by atoms with E-state index in [1.54, 1.807) is 6.20 Å². The van der Waals surface area contributed by atoms with Crippen LogP contribution in [0.15, 0.2) is 48.7 Å². The lowest BCUT2D eigenvalue weighted by atomic mass is 10.1. The first-order valence-electron chi connectivity index (χ1n) is 4.36. The molecule has 0 aliphatic rings. The molecular weight excluding hydrogens is 194 g/mol. The zero-order chi connectivity index (χ0) is 9.80. The van der Waals surface area contributed by atoms with Crippen LogP contribution in [0.1, 0.15) is 11.3 Å². The van der Waals surface area contributed by atoms with Crippen molar-refractivity contribution in [3.63, 3.8) is 0 Å². The van der Waals surface area contributed by atoms with E-state index < -0.39 is 0 Å². The summed E-state index contributed by atoms with van der Waals surface area (Å²) >= 11 is 5.79. The molecule has 1 aromatic carbocycles. The van der Waals surface area contributed by atoms with Crippen molar-refractivity contribution in [2.45, 2.75) is 0 Å². The molecule has 0 aliphatic carbocycles. The quantitative estimate of drug-likeness (QED) is 0.728. The van der Waals surface area contributed by atoms with Crippen LogP contribution in [0.5, 0.6) is 0 Å². The minimum Gasteiger partial charge on any atom is -0.261 e. The lowest BCUT2D eigenvalue weighted by molar-refractivity contribution is 1.22. The Kier molecular flexibility index (Phi) is 2.80. The van der Waals surface area contributed by atoms with E-state index in [1.807, 2.05) is 48.9 Å². The number of nitrogens with zero attached hydrogens (tertiary/aromatic N) is 1. The van der Waals surface area contributed by atoms with Gasteiger partial charge in [-0.3, -0.25) is 4.98 Å². The van der Waals surface area contributed by atoms with Crippen molar-refractivity contribution in [1.82, 2.24) is 4.98 Å². The molecule has 2 heteroatoms. The molecule has 0 N–H and O–H groups in total. The third kappa shape index (κ3) is 2.33. The van der Waals surface area contributed by atoms with Gasteiger partial charge in [0.05, 0.1) is 0 Å². The highest BCUT2D eigenvalue weighted by Gasteiger charge is 1.96. The molecule has 0 atom stereocenters. The van der Waals surface area contributed by atoms with Crippen molar-refractivity contribution in [1.29, 1.82) is 0 Å². The zero-order valence-electron chi connectivity index (χ0n) is 7.52. The van der Waals surface area contributed by atoms with Crippen LogP contribution in [-0.4, -0.2) is 4.98 Å². The van der Waals surface area contributed by atoms with Crippen molar-refractivity contribution in [3.05, 3.63) is 71.4 Å². The van der Waals surface area contributed by atoms with Crippen LogP contribution < -0.4 is 0 Å². The molecule has 2 rings (SSSR count). The maximum atomic E-state index is 5.79. The summed E-state index contributed by atoms with van der Waals surface area (Å²) in [6.07, 6.45) is 3.79. The zero-order valence-corrected chi connectivity index (χ0v) is 8.28. The molecule has 1 heterocycles. The highest BCUT2D eigenvalue weighted by atomic mass is 35.5. The SMILES string of the molecule is Clc1ccc([CH]c2ccccn2)cc1. The predicted molar refractivity (Wildman–Crippen MR) is 58.2 cm³/mol. The fourth-order valence-corrected chi connectivity index (χ4v) is 1.32. The Morgan fingerprint density at radius 3 is 2.43 bits per heavy atom. The molecule has 1 aromatic heterocycles. The van der Waals surface area contributed by atoms with E-state index in [9.17, 15) is 0 Å². The van der Waals surface area contributed by atoms with Gasteiger partial charge >= 0.3 is 0 Å². The number of benzene rings is 1. The van der Waals surface area contributed by atoms with Gasteiger partial charge in [-0.25, -0.2) is 0 Å². The van der Waals surface area contributed by atoms with E-state index in [1.165, 1.54) is 0 Å². The first-order chi connectivity index (χ1) is 6.84. The van der Waals surface area contributed by atoms with E-state index in [0.29, 0.717) is 0 Å². The second kappa shape index (κ2) is 4.25. The highest BCUT2D eigenvalue weighted by molar-refractivity contribution is 6.30. The normalized spacial score (nSPS) is 10.1. The molecule has 1 nitrogen and oxygen atoms in total. The topological polar surface area (TPSA) is 12.9 Å². The molecule has 2 aromatic rings. The number of halogens is 1. The van der Waals surface area contributed by atoms with Crippen molar-refractivity contribution in [2.24, 2.45) is 0 Å². The summed E-state index contributed by atoms with van der Waals surface area (Å²) in [7, 11) is 0. The Bertz CT molecular complexity index is 394. The Labute approximate surface area is 88.4 Å². The van der Waals surface area contributed by atoms with Crippen LogP contribution in [-0.2, 0) is 0 Å². The third-order valence-corrected chi connectivity index (χ3v) is 2.12. The Hall–Kier alpha value is -1.34. The summed E-state index contributed by atoms with van der Waals surface area (Å²) in [5, 5.41) is 0.753. The Morgan fingerprint density at radius 2 is 1.79 bits per heavy atom. The van der Waals surface area contributed by atoms with Gasteiger partial charge in [0.25, 0.3) is 0 Å². The molecule has 0 bridgehead atoms. The van der Waals surface area contributed by atoms with Gasteiger partial charge in [-0.2, -0.15) is 0 Å². The number of rotatable bonds is 2. The molecule has 14 heavy (non-hydrogen) atoms. The van der Waals surface area contributed by atoms with E-state index in [0.717, 1.165) is 16.3 Å². The van der Waals surface area contributed by atoms with E-state index >= 15 is 0 Å². The van der Waals surface area contributed by atoms with Crippen LogP contribution >= 0.6 is 11.6 Å². The van der Waals surface area contributed by atoms with Gasteiger partial charge < -0.3 is 0 Å². The van der Waals surface area contributed by atoms with Gasteiger partial charge in [0.1, 0.15) is 0 Å². The fourth-order valence-electron chi connectivity index (χ4n) is 1.19. The molecule has 0 amide bonds. The average Bonchev–Trinajstić information content (AvgIpc) is 2.23. The second-order valence-corrected chi connectivity index (χ2v) is 3.39. The van der Waals surface area contributed by atoms with Crippen molar-refractivity contribution in [2.75, 3.05) is 0 Å². The van der Waals surface area contributed by atoms with Crippen LogP contribution in [0.3, 0.4) is 0 Å². The Balaban J connectivity index is 2.16. The Morgan fingerprint density at radius 1 is 1.00 bits per heavy atom. The van der Waals surface area contributed by atoms with Crippen LogP contribution in [0.25, 0.3) is 0 Å². The van der Waals surface area contributed by atoms with Crippen molar-refractivity contribution >= 4 is 11.6 Å². The predicted octanol–water partition coefficient (Wildman–Crippen LogP) is 3.34. The van der Waals surface area contributed by atoms with E-state index in [4.69, 9.17) is 11.6 Å². The van der Waals surface area contributed by atoms with Gasteiger partial charge in [-0.1, -0.05) is 29.8 Å².